The molecule has 1 atom stereocenters. The monoisotopic (exact) mass is 566 g/mol. The standard InChI is InChI=1S/C27H34N8O4S/c1-18(2)34-26(36)22-15-28-27(31-25(22)35(34)24-8-6-7-23(30-24)32-40(4,5)37)29-19-9-11-20(12-10-19)33-13-14-39-21(16-33)17-38-3/h6-12,15,18,21H,13-14,16-17H2,1-5H3,(H,28,29,31)/t21-/m0/s1. The van der Waals surface area contributed by atoms with Crippen molar-refractivity contribution in [3.05, 3.63) is 59.0 Å². The summed E-state index contributed by atoms with van der Waals surface area (Å²) in [5.74, 6) is 1.10. The van der Waals surface area contributed by atoms with Gasteiger partial charge in [0.1, 0.15) is 5.39 Å². The fourth-order valence-electron chi connectivity index (χ4n) is 4.68. The lowest BCUT2D eigenvalue weighted by atomic mass is 10.2. The second-order valence-electron chi connectivity index (χ2n) is 10.2. The largest absolute Gasteiger partial charge is 0.382 e. The van der Waals surface area contributed by atoms with Crippen LogP contribution in [0.4, 0.5) is 23.1 Å². The molecule has 0 aliphatic carbocycles. The molecule has 1 aliphatic rings. The molecule has 1 fully saturated rings. The number of pyridine rings is 1. The summed E-state index contributed by atoms with van der Waals surface area (Å²) in [5.41, 5.74) is 2.08. The zero-order chi connectivity index (χ0) is 28.4. The Morgan fingerprint density at radius 1 is 1.18 bits per heavy atom. The summed E-state index contributed by atoms with van der Waals surface area (Å²) < 4.78 is 30.7. The second kappa shape index (κ2) is 11.4. The zero-order valence-electron chi connectivity index (χ0n) is 23.3. The van der Waals surface area contributed by atoms with E-state index in [-0.39, 0.29) is 17.7 Å². The van der Waals surface area contributed by atoms with E-state index in [1.165, 1.54) is 6.20 Å². The van der Waals surface area contributed by atoms with Crippen molar-refractivity contribution in [3.8, 4) is 5.82 Å². The molecule has 13 heteroatoms. The van der Waals surface area contributed by atoms with Crippen LogP contribution in [0, 0.1) is 0 Å². The van der Waals surface area contributed by atoms with Gasteiger partial charge in [-0.3, -0.25) is 4.79 Å². The van der Waals surface area contributed by atoms with Crippen molar-refractivity contribution in [3.63, 3.8) is 0 Å². The fourth-order valence-corrected chi connectivity index (χ4v) is 5.23. The minimum Gasteiger partial charge on any atom is -0.382 e. The van der Waals surface area contributed by atoms with Gasteiger partial charge in [0.15, 0.2) is 17.3 Å². The van der Waals surface area contributed by atoms with Crippen LogP contribution in [0.3, 0.4) is 0 Å². The molecule has 0 radical (unpaired) electrons. The highest BCUT2D eigenvalue weighted by Crippen LogP contribution is 2.24. The molecular formula is C27H34N8O4S. The van der Waals surface area contributed by atoms with Gasteiger partial charge < -0.3 is 19.7 Å². The van der Waals surface area contributed by atoms with E-state index < -0.39 is 9.73 Å². The predicted octanol–water partition coefficient (Wildman–Crippen LogP) is 3.51. The van der Waals surface area contributed by atoms with Gasteiger partial charge in [-0.2, -0.15) is 9.35 Å². The quantitative estimate of drug-likeness (QED) is 0.341. The molecule has 0 bridgehead atoms. The lowest BCUT2D eigenvalue weighted by molar-refractivity contribution is -0.0100. The predicted molar refractivity (Wildman–Crippen MR) is 157 cm³/mol. The van der Waals surface area contributed by atoms with Crippen LogP contribution < -0.4 is 15.8 Å². The van der Waals surface area contributed by atoms with Crippen molar-refractivity contribution in [1.82, 2.24) is 24.3 Å². The number of hydrogen-bond acceptors (Lipinski definition) is 10. The van der Waals surface area contributed by atoms with Crippen LogP contribution in [0.1, 0.15) is 19.9 Å². The zero-order valence-corrected chi connectivity index (χ0v) is 24.1. The first-order valence-corrected chi connectivity index (χ1v) is 15.3. The summed E-state index contributed by atoms with van der Waals surface area (Å²) >= 11 is 0. The van der Waals surface area contributed by atoms with Gasteiger partial charge in [0.05, 0.1) is 19.3 Å². The number of rotatable bonds is 8. The fraction of sp³-hybridized carbons (Fsp3) is 0.407. The van der Waals surface area contributed by atoms with Gasteiger partial charge in [0.25, 0.3) is 5.56 Å². The van der Waals surface area contributed by atoms with Gasteiger partial charge in [-0.25, -0.2) is 23.5 Å². The summed E-state index contributed by atoms with van der Waals surface area (Å²) in [7, 11) is -0.733. The third kappa shape index (κ3) is 6.01. The molecule has 3 aromatic heterocycles. The molecule has 1 aliphatic heterocycles. The number of morpholine rings is 1. The van der Waals surface area contributed by atoms with Crippen LogP contribution in [0.15, 0.2) is 57.8 Å². The maximum Gasteiger partial charge on any atom is 0.278 e. The van der Waals surface area contributed by atoms with Crippen molar-refractivity contribution < 1.29 is 13.7 Å². The van der Waals surface area contributed by atoms with E-state index in [1.54, 1.807) is 47.2 Å². The van der Waals surface area contributed by atoms with E-state index in [0.717, 1.165) is 24.5 Å². The van der Waals surface area contributed by atoms with Crippen LogP contribution in [0.2, 0.25) is 0 Å². The molecule has 1 aromatic carbocycles. The minimum atomic E-state index is -2.41. The Balaban J connectivity index is 1.48. The number of hydrogen-bond donors (Lipinski definition) is 1. The SMILES string of the molecule is COC[C@@H]1CN(c2ccc(Nc3ncc4c(=O)n(C(C)C)n(-c5cccc(N=S(C)(C)=O)n5)c4n3)cc2)CCO1. The molecule has 0 amide bonds. The van der Waals surface area contributed by atoms with E-state index in [4.69, 9.17) is 14.5 Å². The molecule has 1 N–H and O–H groups in total. The first-order chi connectivity index (χ1) is 19.1. The van der Waals surface area contributed by atoms with Crippen molar-refractivity contribution in [2.45, 2.75) is 26.0 Å². The van der Waals surface area contributed by atoms with Gasteiger partial charge in [-0.1, -0.05) is 6.07 Å². The first-order valence-electron chi connectivity index (χ1n) is 13.0. The molecule has 0 spiro atoms. The number of nitrogens with zero attached hydrogens (tertiary/aromatic N) is 7. The molecule has 1 saturated heterocycles. The van der Waals surface area contributed by atoms with Crippen LogP contribution in [-0.4, -0.2) is 80.6 Å². The van der Waals surface area contributed by atoms with Crippen LogP contribution in [-0.2, 0) is 19.2 Å². The Kier molecular flexibility index (Phi) is 7.88. The van der Waals surface area contributed by atoms with Crippen molar-refractivity contribution in [2.75, 3.05) is 56.1 Å². The minimum absolute atomic E-state index is 0.0457. The molecule has 12 nitrogen and oxygen atoms in total. The summed E-state index contributed by atoms with van der Waals surface area (Å²) in [5, 5.41) is 3.61. The summed E-state index contributed by atoms with van der Waals surface area (Å²) in [4.78, 5) is 29.3. The van der Waals surface area contributed by atoms with E-state index >= 15 is 0 Å². The van der Waals surface area contributed by atoms with Crippen LogP contribution in [0.5, 0.6) is 0 Å². The van der Waals surface area contributed by atoms with Crippen molar-refractivity contribution >= 4 is 43.9 Å². The van der Waals surface area contributed by atoms with E-state index in [1.807, 2.05) is 38.1 Å². The summed E-state index contributed by atoms with van der Waals surface area (Å²) in [6, 6.07) is 13.0. The molecule has 212 valence electrons. The highest BCUT2D eigenvalue weighted by atomic mass is 32.2. The van der Waals surface area contributed by atoms with Crippen molar-refractivity contribution in [1.29, 1.82) is 0 Å². The molecule has 5 rings (SSSR count). The average molecular weight is 567 g/mol. The topological polar surface area (TPSA) is 129 Å². The third-order valence-corrected chi connectivity index (χ3v) is 6.97. The molecule has 4 aromatic rings. The van der Waals surface area contributed by atoms with Crippen LogP contribution >= 0.6 is 0 Å². The Bertz CT molecular complexity index is 1680. The summed E-state index contributed by atoms with van der Waals surface area (Å²) in [6.45, 7) is 6.62. The smallest absolute Gasteiger partial charge is 0.278 e. The number of nitrogens with one attached hydrogen (secondary N) is 1. The van der Waals surface area contributed by atoms with Gasteiger partial charge in [0, 0.05) is 66.1 Å². The van der Waals surface area contributed by atoms with Gasteiger partial charge >= 0.3 is 0 Å². The molecular weight excluding hydrogens is 532 g/mol. The molecule has 0 unspecified atom stereocenters. The molecule has 0 saturated carbocycles. The Morgan fingerprint density at radius 2 is 1.95 bits per heavy atom. The lowest BCUT2D eigenvalue weighted by Crippen LogP contribution is -2.44. The number of benzene rings is 1. The number of aromatic nitrogens is 5. The third-order valence-electron chi connectivity index (χ3n) is 6.34. The average Bonchev–Trinajstić information content (AvgIpc) is 3.20. The van der Waals surface area contributed by atoms with Crippen molar-refractivity contribution in [2.24, 2.45) is 4.36 Å². The Labute approximate surface area is 233 Å². The number of ether oxygens (including phenoxy) is 2. The van der Waals surface area contributed by atoms with Crippen LogP contribution in [0.25, 0.3) is 16.9 Å². The first kappa shape index (κ1) is 27.7. The maximum absolute atomic E-state index is 13.3. The lowest BCUT2D eigenvalue weighted by Gasteiger charge is -2.34. The van der Waals surface area contributed by atoms with Gasteiger partial charge in [0.2, 0.25) is 5.95 Å². The molecule has 4 heterocycles. The normalized spacial score (nSPS) is 16.1. The Morgan fingerprint density at radius 3 is 2.65 bits per heavy atom. The van der Waals surface area contributed by atoms with Gasteiger partial charge in [-0.05, 0) is 50.2 Å². The number of anilines is 3. The highest BCUT2D eigenvalue weighted by molar-refractivity contribution is 7.92. The summed E-state index contributed by atoms with van der Waals surface area (Å²) in [6.07, 6.45) is 4.67. The highest BCUT2D eigenvalue weighted by Gasteiger charge is 2.22. The van der Waals surface area contributed by atoms with E-state index in [9.17, 15) is 9.00 Å². The van der Waals surface area contributed by atoms with E-state index in [0.29, 0.717) is 41.8 Å². The van der Waals surface area contributed by atoms with E-state index in [2.05, 4.69) is 24.5 Å². The number of fused-ring (bicyclic) bond motifs is 1. The number of methoxy groups -OCH3 is 1. The second-order valence-corrected chi connectivity index (χ2v) is 12.7. The Hall–Kier alpha value is -3.81. The van der Waals surface area contributed by atoms with Gasteiger partial charge in [-0.15, -0.1) is 0 Å². The maximum atomic E-state index is 13.3. The molecule has 40 heavy (non-hydrogen) atoms.